The molecule has 0 aromatic heterocycles. The molecule has 0 aliphatic carbocycles. The van der Waals surface area contributed by atoms with Gasteiger partial charge in [-0.3, -0.25) is 9.69 Å². The molecule has 1 heterocycles. The van der Waals surface area contributed by atoms with Gasteiger partial charge in [-0.25, -0.2) is 4.99 Å². The van der Waals surface area contributed by atoms with E-state index in [9.17, 15) is 4.79 Å². The number of hydrogen-bond acceptors (Lipinski definition) is 2. The fraction of sp³-hybridized carbons (Fsp3) is 0.611. The minimum atomic E-state index is 0.115. The molecule has 21 heavy (non-hydrogen) atoms. The quantitative estimate of drug-likeness (QED) is 0.643. The highest BCUT2D eigenvalue weighted by atomic mass is 16.2. The Morgan fingerprint density at radius 1 is 1.33 bits per heavy atom. The van der Waals surface area contributed by atoms with Crippen molar-refractivity contribution in [1.29, 1.82) is 0 Å². The van der Waals surface area contributed by atoms with E-state index in [1.165, 1.54) is 5.57 Å². The predicted octanol–water partition coefficient (Wildman–Crippen LogP) is 4.86. The lowest BCUT2D eigenvalue weighted by Gasteiger charge is -2.21. The Morgan fingerprint density at radius 2 is 2.05 bits per heavy atom. The number of amides is 1. The van der Waals surface area contributed by atoms with E-state index in [4.69, 9.17) is 0 Å². The van der Waals surface area contributed by atoms with Crippen LogP contribution in [0.15, 0.2) is 34.3 Å². The molecular formula is C18H30N2O. The molecule has 0 spiro atoms. The average Bonchev–Trinajstić information content (AvgIpc) is 2.51. The van der Waals surface area contributed by atoms with Gasteiger partial charge >= 0.3 is 0 Å². The van der Waals surface area contributed by atoms with E-state index in [2.05, 4.69) is 30.6 Å². The van der Waals surface area contributed by atoms with E-state index >= 15 is 0 Å². The molecule has 1 aliphatic heterocycles. The Hall–Kier alpha value is -1.60. The molecule has 118 valence electrons. The van der Waals surface area contributed by atoms with Gasteiger partial charge in [0.05, 0.1) is 0 Å². The summed E-state index contributed by atoms with van der Waals surface area (Å²) >= 11 is 0. The zero-order valence-corrected chi connectivity index (χ0v) is 14.3. The van der Waals surface area contributed by atoms with Gasteiger partial charge in [-0.05, 0) is 30.9 Å². The molecule has 0 fully saturated rings. The van der Waals surface area contributed by atoms with Crippen molar-refractivity contribution in [3.05, 3.63) is 29.3 Å². The maximum atomic E-state index is 12.0. The van der Waals surface area contributed by atoms with Crippen molar-refractivity contribution >= 4 is 12.1 Å². The normalized spacial score (nSPS) is 17.4. The van der Waals surface area contributed by atoms with Crippen LogP contribution in [-0.2, 0) is 4.79 Å². The standard InChI is InChI=1S/C16H24N2O.C2H6/c1-4-7-12-18(16(19)6-3)15-11-9-8-10-14(5-2)13-17-15;1-2/h9-10,13H,4-8,12H2,1-3H3;1-2H3/b14-10-,17-13-;. The smallest absolute Gasteiger partial charge is 0.228 e. The third kappa shape index (κ3) is 7.10. The largest absolute Gasteiger partial charge is 0.290 e. The van der Waals surface area contributed by atoms with Gasteiger partial charge in [0.25, 0.3) is 0 Å². The second-order valence-electron chi connectivity index (χ2n) is 4.55. The number of carbonyl (C=O) groups is 1. The molecule has 1 aliphatic rings. The number of rotatable bonds is 6. The summed E-state index contributed by atoms with van der Waals surface area (Å²) in [5.41, 5.74) is 4.35. The Kier molecular flexibility index (Phi) is 11.2. The summed E-state index contributed by atoms with van der Waals surface area (Å²) in [4.78, 5) is 18.2. The van der Waals surface area contributed by atoms with E-state index in [0.29, 0.717) is 12.2 Å². The second-order valence-corrected chi connectivity index (χ2v) is 4.55. The Morgan fingerprint density at radius 3 is 2.62 bits per heavy atom. The molecule has 0 saturated carbocycles. The number of aliphatic imine (C=N–C) groups is 1. The van der Waals surface area contributed by atoms with Crippen molar-refractivity contribution in [1.82, 2.24) is 4.90 Å². The maximum Gasteiger partial charge on any atom is 0.228 e. The molecule has 3 heteroatoms. The van der Waals surface area contributed by atoms with Gasteiger partial charge in [0.2, 0.25) is 5.91 Å². The van der Waals surface area contributed by atoms with Gasteiger partial charge in [-0.15, -0.1) is 0 Å². The van der Waals surface area contributed by atoms with E-state index in [1.807, 2.05) is 33.1 Å². The lowest BCUT2D eigenvalue weighted by Crippen LogP contribution is -2.30. The highest BCUT2D eigenvalue weighted by Gasteiger charge is 2.15. The van der Waals surface area contributed by atoms with Crippen LogP contribution in [0, 0.1) is 0 Å². The van der Waals surface area contributed by atoms with E-state index in [1.54, 1.807) is 4.90 Å². The molecule has 3 nitrogen and oxygen atoms in total. The highest BCUT2D eigenvalue weighted by molar-refractivity contribution is 5.81. The van der Waals surface area contributed by atoms with Crippen molar-refractivity contribution in [2.24, 2.45) is 4.99 Å². The van der Waals surface area contributed by atoms with Gasteiger partial charge in [0.15, 0.2) is 5.82 Å². The second kappa shape index (κ2) is 12.2. The van der Waals surface area contributed by atoms with Gasteiger partial charge < -0.3 is 0 Å². The summed E-state index contributed by atoms with van der Waals surface area (Å²) in [5, 5.41) is 0. The van der Waals surface area contributed by atoms with Crippen LogP contribution >= 0.6 is 0 Å². The van der Waals surface area contributed by atoms with Crippen LogP contribution in [0.2, 0.25) is 0 Å². The van der Waals surface area contributed by atoms with Crippen molar-refractivity contribution in [3.63, 3.8) is 0 Å². The molecular weight excluding hydrogens is 260 g/mol. The first kappa shape index (κ1) is 19.4. The molecule has 0 radical (unpaired) electrons. The molecule has 0 saturated heterocycles. The summed E-state index contributed by atoms with van der Waals surface area (Å²) in [6.07, 6.45) is 10.3. The van der Waals surface area contributed by atoms with E-state index in [-0.39, 0.29) is 5.91 Å². The van der Waals surface area contributed by atoms with Crippen molar-refractivity contribution in [3.8, 4) is 0 Å². The number of unbranched alkanes of at least 4 members (excludes halogenated alkanes) is 1. The van der Waals surface area contributed by atoms with Crippen molar-refractivity contribution in [2.75, 3.05) is 6.54 Å². The fourth-order valence-electron chi connectivity index (χ4n) is 1.83. The number of hydrogen-bond donors (Lipinski definition) is 0. The van der Waals surface area contributed by atoms with Gasteiger partial charge in [0, 0.05) is 19.2 Å². The van der Waals surface area contributed by atoms with Crippen LogP contribution in [0.4, 0.5) is 0 Å². The lowest BCUT2D eigenvalue weighted by molar-refractivity contribution is -0.129. The van der Waals surface area contributed by atoms with Gasteiger partial charge in [0.1, 0.15) is 0 Å². The molecule has 0 aromatic rings. The zero-order chi connectivity index (χ0) is 16.1. The van der Waals surface area contributed by atoms with Crippen LogP contribution in [-0.4, -0.2) is 23.6 Å². The van der Waals surface area contributed by atoms with Crippen LogP contribution in [0.3, 0.4) is 0 Å². The Labute approximate surface area is 130 Å². The van der Waals surface area contributed by atoms with Crippen LogP contribution in [0.25, 0.3) is 0 Å². The topological polar surface area (TPSA) is 32.7 Å². The summed E-state index contributed by atoms with van der Waals surface area (Å²) in [7, 11) is 0. The first-order valence-electron chi connectivity index (χ1n) is 8.21. The van der Waals surface area contributed by atoms with Crippen LogP contribution in [0.1, 0.15) is 66.7 Å². The van der Waals surface area contributed by atoms with Gasteiger partial charge in [-0.2, -0.15) is 0 Å². The monoisotopic (exact) mass is 290 g/mol. The van der Waals surface area contributed by atoms with E-state index < -0.39 is 0 Å². The molecule has 0 N–H and O–H groups in total. The summed E-state index contributed by atoms with van der Waals surface area (Å²) < 4.78 is 0. The lowest BCUT2D eigenvalue weighted by atomic mass is 10.1. The molecule has 1 rings (SSSR count). The van der Waals surface area contributed by atoms with Gasteiger partial charge in [-0.1, -0.05) is 52.8 Å². The van der Waals surface area contributed by atoms with Crippen LogP contribution < -0.4 is 0 Å². The minimum absolute atomic E-state index is 0.115. The molecule has 0 unspecified atom stereocenters. The zero-order valence-electron chi connectivity index (χ0n) is 14.3. The maximum absolute atomic E-state index is 12.0. The third-order valence-corrected chi connectivity index (χ3v) is 3.08. The van der Waals surface area contributed by atoms with Crippen molar-refractivity contribution in [2.45, 2.75) is 66.7 Å². The molecule has 1 amide bonds. The molecule has 0 bridgehead atoms. The van der Waals surface area contributed by atoms with Crippen LogP contribution in [0.5, 0.6) is 0 Å². The predicted molar refractivity (Wildman–Crippen MR) is 91.3 cm³/mol. The molecule has 0 aromatic carbocycles. The minimum Gasteiger partial charge on any atom is -0.290 e. The summed E-state index contributed by atoms with van der Waals surface area (Å²) in [6, 6.07) is 0. The first-order valence-corrected chi connectivity index (χ1v) is 8.21. The first-order chi connectivity index (χ1) is 10.2. The Bertz CT molecular complexity index is 426. The molecule has 0 atom stereocenters. The number of carbonyl (C=O) groups excluding carboxylic acids is 1. The number of allylic oxidation sites excluding steroid dienone is 3. The summed E-state index contributed by atoms with van der Waals surface area (Å²) in [6.45, 7) is 10.8. The van der Waals surface area contributed by atoms with Crippen molar-refractivity contribution < 1.29 is 4.79 Å². The van der Waals surface area contributed by atoms with E-state index in [0.717, 1.165) is 32.2 Å². The Balaban J connectivity index is 0.00000191. The fourth-order valence-corrected chi connectivity index (χ4v) is 1.83. The highest BCUT2D eigenvalue weighted by Crippen LogP contribution is 2.12. The average molecular weight is 290 g/mol. The third-order valence-electron chi connectivity index (χ3n) is 3.08. The number of nitrogens with zero attached hydrogens (tertiary/aromatic N) is 2. The SMILES string of the molecule is CC.CCCCN(C(=O)CC)C1=C=CC/C=C(CC)\C=N/1. The summed E-state index contributed by atoms with van der Waals surface area (Å²) in [5.74, 6) is 0.767.